The molecule has 0 saturated heterocycles. The van der Waals surface area contributed by atoms with Crippen LogP contribution in [0.3, 0.4) is 0 Å². The zero-order valence-electron chi connectivity index (χ0n) is 15.2. The summed E-state index contributed by atoms with van der Waals surface area (Å²) in [6, 6.07) is 0. The molecule has 0 spiro atoms. The third-order valence-corrected chi connectivity index (χ3v) is 5.01. The second-order valence-electron chi connectivity index (χ2n) is 7.49. The lowest BCUT2D eigenvalue weighted by atomic mass is 9.98. The van der Waals surface area contributed by atoms with Crippen LogP contribution in [0.15, 0.2) is 23.9 Å². The lowest BCUT2D eigenvalue weighted by molar-refractivity contribution is 0.290. The first-order valence-electron chi connectivity index (χ1n) is 8.99. The van der Waals surface area contributed by atoms with Crippen molar-refractivity contribution in [2.24, 2.45) is 11.3 Å². The van der Waals surface area contributed by atoms with Crippen LogP contribution in [0, 0.1) is 11.3 Å². The monoisotopic (exact) mass is 291 g/mol. The molecule has 1 aliphatic carbocycles. The minimum Gasteiger partial charge on any atom is -0.375 e. The van der Waals surface area contributed by atoms with Gasteiger partial charge in [0.2, 0.25) is 0 Å². The Kier molecular flexibility index (Phi) is 7.56. The van der Waals surface area contributed by atoms with E-state index in [9.17, 15) is 0 Å². The predicted molar refractivity (Wildman–Crippen MR) is 95.4 cm³/mol. The highest BCUT2D eigenvalue weighted by molar-refractivity contribution is 5.05. The molecule has 122 valence electrons. The van der Waals surface area contributed by atoms with E-state index in [1.165, 1.54) is 62.9 Å². The Morgan fingerprint density at radius 2 is 2.00 bits per heavy atom. The van der Waals surface area contributed by atoms with Gasteiger partial charge < -0.3 is 4.90 Å². The summed E-state index contributed by atoms with van der Waals surface area (Å²) >= 11 is 0. The maximum atomic E-state index is 4.33. The van der Waals surface area contributed by atoms with Crippen LogP contribution in [0.1, 0.15) is 79.6 Å². The Morgan fingerprint density at radius 3 is 2.57 bits per heavy atom. The molecule has 2 atom stereocenters. The highest BCUT2D eigenvalue weighted by Crippen LogP contribution is 2.56. The third-order valence-electron chi connectivity index (χ3n) is 5.01. The molecule has 1 fully saturated rings. The summed E-state index contributed by atoms with van der Waals surface area (Å²) in [4.78, 5) is 2.59. The minimum absolute atomic E-state index is 0.586. The molecule has 0 amide bonds. The molecular weight excluding hydrogens is 254 g/mol. The first kappa shape index (κ1) is 18.3. The van der Waals surface area contributed by atoms with Gasteiger partial charge in [0, 0.05) is 18.8 Å². The Bertz CT molecular complexity index is 351. The average Bonchev–Trinajstić information content (AvgIpc) is 3.04. The maximum Gasteiger partial charge on any atom is 0.0208 e. The van der Waals surface area contributed by atoms with Gasteiger partial charge in [0.15, 0.2) is 0 Å². The van der Waals surface area contributed by atoms with E-state index in [1.54, 1.807) is 0 Å². The summed E-state index contributed by atoms with van der Waals surface area (Å²) in [7, 11) is 0. The SMILES string of the molecule is C=C(CCC)N(CCCC)CC1CC1(C)CCC=C(C)C. The molecule has 0 heterocycles. The fourth-order valence-corrected chi connectivity index (χ4v) is 3.23. The molecular formula is C20H37N. The van der Waals surface area contributed by atoms with Crippen LogP contribution in [0.25, 0.3) is 0 Å². The largest absolute Gasteiger partial charge is 0.375 e. The lowest BCUT2D eigenvalue weighted by Crippen LogP contribution is -2.27. The molecule has 2 unspecified atom stereocenters. The van der Waals surface area contributed by atoms with Crippen molar-refractivity contribution in [1.29, 1.82) is 0 Å². The van der Waals surface area contributed by atoms with Crippen molar-refractivity contribution in [3.63, 3.8) is 0 Å². The highest BCUT2D eigenvalue weighted by atomic mass is 15.1. The fourth-order valence-electron chi connectivity index (χ4n) is 3.23. The molecule has 0 aromatic heterocycles. The van der Waals surface area contributed by atoms with Gasteiger partial charge in [-0.05, 0) is 57.3 Å². The Balaban J connectivity index is 2.45. The van der Waals surface area contributed by atoms with E-state index in [1.807, 2.05) is 0 Å². The molecule has 0 aliphatic heterocycles. The van der Waals surface area contributed by atoms with Crippen molar-refractivity contribution in [1.82, 2.24) is 4.90 Å². The minimum atomic E-state index is 0.586. The smallest absolute Gasteiger partial charge is 0.0208 e. The van der Waals surface area contributed by atoms with Crippen molar-refractivity contribution in [3.05, 3.63) is 23.9 Å². The van der Waals surface area contributed by atoms with Gasteiger partial charge in [0.05, 0.1) is 0 Å². The molecule has 1 rings (SSSR count). The molecule has 1 nitrogen and oxygen atoms in total. The van der Waals surface area contributed by atoms with Gasteiger partial charge in [-0.2, -0.15) is 0 Å². The fraction of sp³-hybridized carbons (Fsp3) is 0.800. The molecule has 0 aromatic rings. The van der Waals surface area contributed by atoms with Gasteiger partial charge in [-0.3, -0.25) is 0 Å². The molecule has 21 heavy (non-hydrogen) atoms. The van der Waals surface area contributed by atoms with Crippen LogP contribution >= 0.6 is 0 Å². The van der Waals surface area contributed by atoms with Crippen molar-refractivity contribution < 1.29 is 0 Å². The molecule has 0 radical (unpaired) electrons. The number of hydrogen-bond acceptors (Lipinski definition) is 1. The molecule has 1 saturated carbocycles. The van der Waals surface area contributed by atoms with Crippen molar-refractivity contribution in [2.45, 2.75) is 79.6 Å². The second kappa shape index (κ2) is 8.66. The van der Waals surface area contributed by atoms with Crippen LogP contribution in [0.5, 0.6) is 0 Å². The number of nitrogens with zero attached hydrogens (tertiary/aromatic N) is 1. The van der Waals surface area contributed by atoms with Gasteiger partial charge in [-0.15, -0.1) is 0 Å². The van der Waals surface area contributed by atoms with Crippen molar-refractivity contribution >= 4 is 0 Å². The Hall–Kier alpha value is -0.720. The summed E-state index contributed by atoms with van der Waals surface area (Å²) in [5.41, 5.74) is 3.41. The average molecular weight is 292 g/mol. The van der Waals surface area contributed by atoms with E-state index >= 15 is 0 Å². The maximum absolute atomic E-state index is 4.33. The number of rotatable bonds is 11. The van der Waals surface area contributed by atoms with Gasteiger partial charge >= 0.3 is 0 Å². The van der Waals surface area contributed by atoms with Gasteiger partial charge in [0.1, 0.15) is 0 Å². The summed E-state index contributed by atoms with van der Waals surface area (Å²) in [5, 5.41) is 0. The van der Waals surface area contributed by atoms with Crippen LogP contribution in [-0.4, -0.2) is 18.0 Å². The Labute approximate surface area is 133 Å². The first-order chi connectivity index (χ1) is 9.92. The van der Waals surface area contributed by atoms with Crippen molar-refractivity contribution in [2.75, 3.05) is 13.1 Å². The zero-order chi connectivity index (χ0) is 15.9. The predicted octanol–water partition coefficient (Wildman–Crippen LogP) is 6.17. The third kappa shape index (κ3) is 6.28. The Morgan fingerprint density at radius 1 is 1.29 bits per heavy atom. The van der Waals surface area contributed by atoms with E-state index in [2.05, 4.69) is 52.2 Å². The van der Waals surface area contributed by atoms with Crippen LogP contribution in [0.2, 0.25) is 0 Å². The van der Waals surface area contributed by atoms with E-state index in [4.69, 9.17) is 0 Å². The molecule has 0 N–H and O–H groups in total. The zero-order valence-corrected chi connectivity index (χ0v) is 15.2. The van der Waals surface area contributed by atoms with E-state index in [-0.39, 0.29) is 0 Å². The van der Waals surface area contributed by atoms with E-state index < -0.39 is 0 Å². The summed E-state index contributed by atoms with van der Waals surface area (Å²) in [5.74, 6) is 0.883. The van der Waals surface area contributed by atoms with Crippen LogP contribution in [-0.2, 0) is 0 Å². The topological polar surface area (TPSA) is 3.24 Å². The first-order valence-corrected chi connectivity index (χ1v) is 8.99. The molecule has 0 bridgehead atoms. The standard InChI is InChI=1S/C20H37N/c1-7-9-14-21(18(5)11-8-2)16-19-15-20(19,6)13-10-12-17(3)4/h12,19H,5,7-11,13-16H2,1-4,6H3. The van der Waals surface area contributed by atoms with Crippen LogP contribution in [0.4, 0.5) is 0 Å². The van der Waals surface area contributed by atoms with Crippen LogP contribution < -0.4 is 0 Å². The normalized spacial score (nSPS) is 23.8. The summed E-state index contributed by atoms with van der Waals surface area (Å²) in [6.45, 7) is 18.2. The van der Waals surface area contributed by atoms with Gasteiger partial charge in [-0.25, -0.2) is 0 Å². The molecule has 1 heteroatoms. The number of unbranched alkanes of at least 4 members (excludes halogenated alkanes) is 1. The highest BCUT2D eigenvalue weighted by Gasteiger charge is 2.49. The summed E-state index contributed by atoms with van der Waals surface area (Å²) < 4.78 is 0. The van der Waals surface area contributed by atoms with E-state index in [0.29, 0.717) is 5.41 Å². The summed E-state index contributed by atoms with van der Waals surface area (Å²) in [6.07, 6.45) is 11.3. The lowest BCUT2D eigenvalue weighted by Gasteiger charge is -2.28. The second-order valence-corrected chi connectivity index (χ2v) is 7.49. The number of allylic oxidation sites excluding steroid dienone is 3. The van der Waals surface area contributed by atoms with E-state index in [0.717, 1.165) is 12.3 Å². The molecule has 0 aromatic carbocycles. The quantitative estimate of drug-likeness (QED) is 0.411. The van der Waals surface area contributed by atoms with Crippen molar-refractivity contribution in [3.8, 4) is 0 Å². The molecule has 1 aliphatic rings. The number of hydrogen-bond donors (Lipinski definition) is 0. The van der Waals surface area contributed by atoms with Gasteiger partial charge in [-0.1, -0.05) is 51.8 Å². The van der Waals surface area contributed by atoms with Gasteiger partial charge in [0.25, 0.3) is 0 Å².